The van der Waals surface area contributed by atoms with E-state index in [1.165, 1.54) is 13.0 Å². The van der Waals surface area contributed by atoms with E-state index in [1.54, 1.807) is 0 Å². The Hall–Kier alpha value is -2.49. The number of nitro groups is 1. The quantitative estimate of drug-likeness (QED) is 0.171. The highest BCUT2D eigenvalue weighted by Crippen LogP contribution is 2.25. The van der Waals surface area contributed by atoms with Gasteiger partial charge in [0, 0.05) is 36.5 Å². The molecule has 0 spiro atoms. The van der Waals surface area contributed by atoms with Crippen LogP contribution in [0.2, 0.25) is 5.02 Å². The number of morpholine rings is 1. The van der Waals surface area contributed by atoms with Crippen LogP contribution in [0.3, 0.4) is 0 Å². The van der Waals surface area contributed by atoms with Gasteiger partial charge in [-0.3, -0.25) is 14.9 Å². The molecule has 1 aromatic rings. The summed E-state index contributed by atoms with van der Waals surface area (Å²) in [5.41, 5.74) is -1.09. The Balaban J connectivity index is 2.37. The highest BCUT2D eigenvalue weighted by atomic mass is 35.5. The van der Waals surface area contributed by atoms with Crippen molar-refractivity contribution in [2.24, 2.45) is 0 Å². The molecule has 2 rings (SSSR count). The Bertz CT molecular complexity index is 743. The maximum atomic E-state index is 12.6. The van der Waals surface area contributed by atoms with Gasteiger partial charge in [-0.05, 0) is 13.0 Å². The van der Waals surface area contributed by atoms with Gasteiger partial charge >= 0.3 is 5.97 Å². The molecule has 25 heavy (non-hydrogen) atoms. The summed E-state index contributed by atoms with van der Waals surface area (Å²) in [4.78, 5) is 34.4. The van der Waals surface area contributed by atoms with Crippen molar-refractivity contribution in [1.82, 2.24) is 10.6 Å². The summed E-state index contributed by atoms with van der Waals surface area (Å²) in [6.45, 7) is 2.98. The number of carboxylic acid groups (broad SMARTS) is 1. The number of hydrogen-bond acceptors (Lipinski definition) is 7. The average Bonchev–Trinajstić information content (AvgIpc) is 2.55. The maximum Gasteiger partial charge on any atom is 0.341 e. The van der Waals surface area contributed by atoms with Crippen molar-refractivity contribution in [1.29, 1.82) is 0 Å². The second-order valence-electron chi connectivity index (χ2n) is 5.26. The highest BCUT2D eigenvalue weighted by Gasteiger charge is 2.27. The fourth-order valence-electron chi connectivity index (χ4n) is 2.34. The lowest BCUT2D eigenvalue weighted by Crippen LogP contribution is -2.46. The number of non-ortho nitro benzene ring substituents is 1. The van der Waals surface area contributed by atoms with Crippen molar-refractivity contribution in [3.63, 3.8) is 0 Å². The molecular weight excluding hydrogens is 354 g/mol. The highest BCUT2D eigenvalue weighted by molar-refractivity contribution is 6.37. The lowest BCUT2D eigenvalue weighted by Gasteiger charge is -2.26. The Labute approximate surface area is 147 Å². The number of ketones is 1. The van der Waals surface area contributed by atoms with Crippen molar-refractivity contribution in [2.75, 3.05) is 19.7 Å². The number of aliphatic carboxylic acids is 1. The van der Waals surface area contributed by atoms with Gasteiger partial charge in [-0.15, -0.1) is 0 Å². The summed E-state index contributed by atoms with van der Waals surface area (Å²) in [5.74, 6) is -2.39. The Morgan fingerprint density at radius 3 is 2.76 bits per heavy atom. The molecule has 0 amide bonds. The predicted molar refractivity (Wildman–Crippen MR) is 88.5 cm³/mol. The number of benzene rings is 1. The van der Waals surface area contributed by atoms with Crippen molar-refractivity contribution >= 4 is 29.0 Å². The first-order valence-electron chi connectivity index (χ1n) is 7.33. The molecule has 1 aliphatic rings. The number of carboxylic acids is 1. The molecule has 0 aliphatic carbocycles. The van der Waals surface area contributed by atoms with Gasteiger partial charge in [-0.1, -0.05) is 11.6 Å². The van der Waals surface area contributed by atoms with Crippen LogP contribution in [0.15, 0.2) is 29.5 Å². The van der Waals surface area contributed by atoms with Crippen LogP contribution in [0.5, 0.6) is 0 Å². The molecule has 0 aromatic heterocycles. The zero-order valence-corrected chi connectivity index (χ0v) is 14.0. The van der Waals surface area contributed by atoms with Gasteiger partial charge in [-0.25, -0.2) is 4.79 Å². The first-order valence-corrected chi connectivity index (χ1v) is 7.70. The minimum atomic E-state index is -1.47. The molecule has 9 nitrogen and oxygen atoms in total. The number of carbonyl (C=O) groups excluding carboxylic acids is 1. The smallest absolute Gasteiger partial charge is 0.341 e. The van der Waals surface area contributed by atoms with Crippen LogP contribution >= 0.6 is 11.6 Å². The van der Waals surface area contributed by atoms with E-state index < -0.39 is 28.5 Å². The zero-order chi connectivity index (χ0) is 18.6. The first kappa shape index (κ1) is 18.8. The van der Waals surface area contributed by atoms with Crippen LogP contribution in [0.4, 0.5) is 5.69 Å². The number of allylic oxidation sites excluding steroid dienone is 1. The van der Waals surface area contributed by atoms with Crippen molar-refractivity contribution in [3.8, 4) is 0 Å². The third kappa shape index (κ3) is 4.53. The summed E-state index contributed by atoms with van der Waals surface area (Å²) in [6, 6.07) is 3.28. The molecule has 0 radical (unpaired) electrons. The molecule has 0 saturated carbocycles. The third-order valence-corrected chi connectivity index (χ3v) is 3.86. The van der Waals surface area contributed by atoms with Gasteiger partial charge in [0.2, 0.25) is 5.78 Å². The van der Waals surface area contributed by atoms with E-state index in [1.807, 2.05) is 0 Å². The van der Waals surface area contributed by atoms with E-state index >= 15 is 0 Å². The van der Waals surface area contributed by atoms with Crippen LogP contribution in [0, 0.1) is 10.1 Å². The van der Waals surface area contributed by atoms with E-state index in [0.29, 0.717) is 19.7 Å². The second kappa shape index (κ2) is 8.06. The number of nitrogens with zero attached hydrogens (tertiary/aromatic N) is 1. The van der Waals surface area contributed by atoms with Crippen LogP contribution in [0.25, 0.3) is 0 Å². The molecular formula is C15H16ClN3O6. The topological polar surface area (TPSA) is 131 Å². The lowest BCUT2D eigenvalue weighted by atomic mass is 10.0. The summed E-state index contributed by atoms with van der Waals surface area (Å²) in [6.07, 6.45) is -0.489. The molecule has 1 saturated heterocycles. The number of hydrogen-bond donors (Lipinski definition) is 3. The standard InChI is InChI=1S/C15H16ClN3O6/c1-8(18-12-7-17-4-5-25-12)13(15(21)22)14(20)10-6-9(19(23)24)2-3-11(10)16/h2-3,6,12,17-18H,4-5,7H2,1H3,(H,21,22)/b13-8-. The predicted octanol–water partition coefficient (Wildman–Crippen LogP) is 1.32. The number of carbonyl (C=O) groups is 2. The van der Waals surface area contributed by atoms with Gasteiger partial charge in [0.15, 0.2) is 0 Å². The normalized spacial score (nSPS) is 18.2. The number of nitro benzene ring substituents is 1. The van der Waals surface area contributed by atoms with Gasteiger partial charge in [0.25, 0.3) is 5.69 Å². The number of ether oxygens (including phenoxy) is 1. The molecule has 1 unspecified atom stereocenters. The summed E-state index contributed by atoms with van der Waals surface area (Å²) >= 11 is 5.93. The Morgan fingerprint density at radius 1 is 1.48 bits per heavy atom. The van der Waals surface area contributed by atoms with Crippen molar-refractivity contribution in [2.45, 2.75) is 13.2 Å². The first-order chi connectivity index (χ1) is 11.8. The monoisotopic (exact) mass is 369 g/mol. The van der Waals surface area contributed by atoms with Crippen molar-refractivity contribution in [3.05, 3.63) is 50.2 Å². The minimum Gasteiger partial charge on any atom is -0.477 e. The third-order valence-electron chi connectivity index (χ3n) is 3.53. The Morgan fingerprint density at radius 2 is 2.20 bits per heavy atom. The number of rotatable bonds is 6. The Kier molecular flexibility index (Phi) is 6.07. The summed E-state index contributed by atoms with van der Waals surface area (Å²) in [7, 11) is 0. The van der Waals surface area contributed by atoms with E-state index in [4.69, 9.17) is 16.3 Å². The van der Waals surface area contributed by atoms with E-state index in [0.717, 1.165) is 12.1 Å². The summed E-state index contributed by atoms with van der Waals surface area (Å²) in [5, 5.41) is 26.1. The van der Waals surface area contributed by atoms with Gasteiger partial charge in [0.05, 0.1) is 16.6 Å². The average molecular weight is 370 g/mol. The van der Waals surface area contributed by atoms with Gasteiger partial charge in [0.1, 0.15) is 11.8 Å². The van der Waals surface area contributed by atoms with E-state index in [9.17, 15) is 24.8 Å². The number of halogens is 1. The van der Waals surface area contributed by atoms with Crippen LogP contribution < -0.4 is 10.6 Å². The molecule has 134 valence electrons. The molecule has 3 N–H and O–H groups in total. The SMILES string of the molecule is C/C(NC1CNCCO1)=C(/C(=O)O)C(=O)c1cc([N+](=O)[O-])ccc1Cl. The van der Waals surface area contributed by atoms with E-state index in [-0.39, 0.29) is 22.0 Å². The van der Waals surface area contributed by atoms with E-state index in [2.05, 4.69) is 10.6 Å². The fourth-order valence-corrected chi connectivity index (χ4v) is 2.54. The molecule has 1 aliphatic heterocycles. The zero-order valence-electron chi connectivity index (χ0n) is 13.2. The molecule has 10 heteroatoms. The molecule has 1 heterocycles. The van der Waals surface area contributed by atoms with Gasteiger partial charge < -0.3 is 20.5 Å². The molecule has 1 fully saturated rings. The summed E-state index contributed by atoms with van der Waals surface area (Å²) < 4.78 is 5.41. The van der Waals surface area contributed by atoms with Crippen molar-refractivity contribution < 1.29 is 24.4 Å². The fraction of sp³-hybridized carbons (Fsp3) is 0.333. The largest absolute Gasteiger partial charge is 0.477 e. The van der Waals surface area contributed by atoms with Crippen LogP contribution in [-0.2, 0) is 9.53 Å². The minimum absolute atomic E-state index is 0.0715. The number of nitrogens with one attached hydrogen (secondary N) is 2. The lowest BCUT2D eigenvalue weighted by molar-refractivity contribution is -0.384. The van der Waals surface area contributed by atoms with Gasteiger partial charge in [-0.2, -0.15) is 0 Å². The maximum absolute atomic E-state index is 12.6. The molecule has 0 bridgehead atoms. The molecule has 1 atom stereocenters. The number of Topliss-reactive ketones (excluding diaryl/α,β-unsaturated/α-hetero) is 1. The van der Waals surface area contributed by atoms with Crippen LogP contribution in [-0.4, -0.2) is 47.7 Å². The van der Waals surface area contributed by atoms with Crippen LogP contribution in [0.1, 0.15) is 17.3 Å². The molecule has 1 aromatic carbocycles. The second-order valence-corrected chi connectivity index (χ2v) is 5.67.